The molecule has 0 spiro atoms. The maximum atomic E-state index is 10.1. The van der Waals surface area contributed by atoms with Gasteiger partial charge in [-0.05, 0) is 19.4 Å². The normalized spacial score (nSPS) is 13.0. The van der Waals surface area contributed by atoms with Crippen LogP contribution >= 0.6 is 0 Å². The molecule has 1 atom stereocenters. The van der Waals surface area contributed by atoms with Crippen molar-refractivity contribution in [1.82, 2.24) is 11.3 Å². The third-order valence-corrected chi connectivity index (χ3v) is 1.32. The monoisotopic (exact) mass is 144 g/mol. The number of nitrogens with one attached hydrogen (secondary N) is 2. The summed E-state index contributed by atoms with van der Waals surface area (Å²) in [4.78, 5) is 10.1. The fourth-order valence-corrected chi connectivity index (χ4v) is 0.683. The summed E-state index contributed by atoms with van der Waals surface area (Å²) in [5.74, 6) is 6.68. The Balaban J connectivity index is 3.17. The van der Waals surface area contributed by atoms with E-state index in [1.54, 1.807) is 0 Å². The van der Waals surface area contributed by atoms with Crippen molar-refractivity contribution >= 4 is 6.29 Å². The van der Waals surface area contributed by atoms with Gasteiger partial charge in [0.25, 0.3) is 0 Å². The molecule has 0 rings (SSSR count). The van der Waals surface area contributed by atoms with E-state index in [1.807, 2.05) is 0 Å². The van der Waals surface area contributed by atoms with Crippen LogP contribution in [-0.4, -0.2) is 18.9 Å². The van der Waals surface area contributed by atoms with Gasteiger partial charge in [-0.2, -0.15) is 5.84 Å². The molecule has 10 heavy (non-hydrogen) atoms. The van der Waals surface area contributed by atoms with Crippen LogP contribution in [0.1, 0.15) is 19.3 Å². The van der Waals surface area contributed by atoms with Crippen molar-refractivity contribution in [2.24, 2.45) is 5.73 Å². The van der Waals surface area contributed by atoms with Crippen LogP contribution in [0.2, 0.25) is 0 Å². The van der Waals surface area contributed by atoms with E-state index in [9.17, 15) is 4.79 Å². The molecule has 0 aromatic heterocycles. The molecule has 0 aliphatic rings. The first-order valence-corrected chi connectivity index (χ1v) is 3.42. The topological polar surface area (TPSA) is 78.9 Å². The third kappa shape index (κ3) is 4.43. The second-order valence-electron chi connectivity index (χ2n) is 2.17. The summed E-state index contributed by atoms with van der Waals surface area (Å²) in [5.41, 5.74) is 7.39. The van der Waals surface area contributed by atoms with Gasteiger partial charge in [0.2, 0.25) is 0 Å². The van der Waals surface area contributed by atoms with Crippen LogP contribution in [0.25, 0.3) is 0 Å². The molecule has 0 saturated carbocycles. The van der Waals surface area contributed by atoms with Gasteiger partial charge in [0, 0.05) is 0 Å². The summed E-state index contributed by atoms with van der Waals surface area (Å²) in [6.45, 7) is 0.656. The molecule has 4 heteroatoms. The number of carbonyl (C=O) groups is 1. The molecule has 0 bridgehead atoms. The van der Waals surface area contributed by atoms with Crippen molar-refractivity contribution < 1.29 is 4.79 Å². The highest BCUT2D eigenvalue weighted by atomic mass is 16.1. The predicted molar refractivity (Wildman–Crippen MR) is 39.0 cm³/mol. The van der Waals surface area contributed by atoms with Gasteiger partial charge >= 0.3 is 0 Å². The zero-order chi connectivity index (χ0) is 7.82. The quantitative estimate of drug-likeness (QED) is 0.299. The highest BCUT2D eigenvalue weighted by molar-refractivity contribution is 5.57. The lowest BCUT2D eigenvalue weighted by molar-refractivity contribution is -0.109. The van der Waals surface area contributed by atoms with Crippen LogP contribution in [0.4, 0.5) is 0 Å². The molecule has 0 saturated heterocycles. The maximum absolute atomic E-state index is 10.1. The number of hydrogen-bond acceptors (Lipinski definition) is 3. The number of rotatable bonds is 6. The summed E-state index contributed by atoms with van der Waals surface area (Å²) >= 11 is 0. The SMILES string of the molecule is [NH]N[C@H](C=O)CCCCN. The Morgan fingerprint density at radius 1 is 1.60 bits per heavy atom. The largest absolute Gasteiger partial charge is 0.330 e. The fourth-order valence-electron chi connectivity index (χ4n) is 0.683. The summed E-state index contributed by atoms with van der Waals surface area (Å²) in [6, 6.07) is -0.313. The molecular weight excluding hydrogens is 130 g/mol. The van der Waals surface area contributed by atoms with E-state index in [4.69, 9.17) is 11.6 Å². The summed E-state index contributed by atoms with van der Waals surface area (Å²) in [6.07, 6.45) is 3.30. The third-order valence-electron chi connectivity index (χ3n) is 1.32. The molecule has 4 N–H and O–H groups in total. The molecule has 4 nitrogen and oxygen atoms in total. The first-order chi connectivity index (χ1) is 4.85. The van der Waals surface area contributed by atoms with Gasteiger partial charge in [-0.3, -0.25) is 0 Å². The maximum Gasteiger partial charge on any atom is 0.138 e. The summed E-state index contributed by atoms with van der Waals surface area (Å²) in [7, 11) is 0. The zero-order valence-corrected chi connectivity index (χ0v) is 5.97. The van der Waals surface area contributed by atoms with Crippen LogP contribution in [0.3, 0.4) is 0 Å². The Morgan fingerprint density at radius 3 is 2.70 bits per heavy atom. The molecule has 0 aliphatic heterocycles. The van der Waals surface area contributed by atoms with Gasteiger partial charge in [-0.25, -0.2) is 5.43 Å². The van der Waals surface area contributed by atoms with Gasteiger partial charge in [0.1, 0.15) is 6.29 Å². The zero-order valence-electron chi connectivity index (χ0n) is 5.97. The van der Waals surface area contributed by atoms with Gasteiger partial charge in [-0.1, -0.05) is 6.42 Å². The Kier molecular flexibility index (Phi) is 6.37. The van der Waals surface area contributed by atoms with Gasteiger partial charge in [-0.15, -0.1) is 0 Å². The van der Waals surface area contributed by atoms with Gasteiger partial charge in [0.15, 0.2) is 0 Å². The van der Waals surface area contributed by atoms with Crippen molar-refractivity contribution in [3.63, 3.8) is 0 Å². The van der Waals surface area contributed by atoms with Crippen molar-refractivity contribution in [3.8, 4) is 0 Å². The number of carbonyl (C=O) groups excluding carboxylic acids is 1. The smallest absolute Gasteiger partial charge is 0.138 e. The molecule has 0 aromatic rings. The Morgan fingerprint density at radius 2 is 2.30 bits per heavy atom. The van der Waals surface area contributed by atoms with E-state index >= 15 is 0 Å². The van der Waals surface area contributed by atoms with Gasteiger partial charge < -0.3 is 10.5 Å². The fraction of sp³-hybridized carbons (Fsp3) is 0.833. The average molecular weight is 144 g/mol. The van der Waals surface area contributed by atoms with Crippen LogP contribution in [0.5, 0.6) is 0 Å². The standard InChI is InChI=1S/C6H14N3O/c7-4-2-1-3-6(5-10)9-8/h5-6,8-9H,1-4,7H2/t6-/m0/s1. The Bertz CT molecular complexity index is 87.1. The second-order valence-corrected chi connectivity index (χ2v) is 2.17. The number of aldehydes is 1. The van der Waals surface area contributed by atoms with Crippen molar-refractivity contribution in [1.29, 1.82) is 0 Å². The molecule has 59 valence electrons. The molecule has 0 heterocycles. The van der Waals surface area contributed by atoms with Crippen molar-refractivity contribution in [2.45, 2.75) is 25.3 Å². The first-order valence-electron chi connectivity index (χ1n) is 3.42. The highest BCUT2D eigenvalue weighted by Crippen LogP contribution is 1.96. The average Bonchev–Trinajstić information content (AvgIpc) is 1.99. The van der Waals surface area contributed by atoms with E-state index < -0.39 is 0 Å². The van der Waals surface area contributed by atoms with Crippen molar-refractivity contribution in [3.05, 3.63) is 0 Å². The van der Waals surface area contributed by atoms with E-state index in [2.05, 4.69) is 5.43 Å². The second kappa shape index (κ2) is 6.67. The van der Waals surface area contributed by atoms with Crippen LogP contribution in [0, 0.1) is 0 Å². The number of hydrogen-bond donors (Lipinski definition) is 2. The first kappa shape index (κ1) is 9.55. The molecule has 0 fully saturated rings. The lowest BCUT2D eigenvalue weighted by atomic mass is 10.1. The predicted octanol–water partition coefficient (Wildman–Crippen LogP) is -0.530. The molecule has 0 amide bonds. The molecular formula is C6H14N3O. The van der Waals surface area contributed by atoms with Crippen LogP contribution in [-0.2, 0) is 4.79 Å². The number of nitrogens with two attached hydrogens (primary N) is 1. The molecule has 0 aromatic carbocycles. The minimum Gasteiger partial charge on any atom is -0.330 e. The van der Waals surface area contributed by atoms with Crippen LogP contribution < -0.4 is 17.0 Å². The molecule has 0 aliphatic carbocycles. The van der Waals surface area contributed by atoms with Gasteiger partial charge in [0.05, 0.1) is 6.04 Å². The Labute approximate surface area is 60.9 Å². The van der Waals surface area contributed by atoms with E-state index in [-0.39, 0.29) is 6.04 Å². The summed E-state index contributed by atoms with van der Waals surface area (Å²) < 4.78 is 0. The van der Waals surface area contributed by atoms with E-state index in [1.165, 1.54) is 0 Å². The minimum absolute atomic E-state index is 0.313. The lowest BCUT2D eigenvalue weighted by Crippen LogP contribution is -2.28. The number of unbranched alkanes of at least 4 members (excludes halogenated alkanes) is 1. The van der Waals surface area contributed by atoms with Crippen LogP contribution in [0.15, 0.2) is 0 Å². The molecule has 0 unspecified atom stereocenters. The molecule has 1 radical (unpaired) electrons. The highest BCUT2D eigenvalue weighted by Gasteiger charge is 2.01. The van der Waals surface area contributed by atoms with E-state index in [0.29, 0.717) is 13.0 Å². The lowest BCUT2D eigenvalue weighted by Gasteiger charge is -2.05. The minimum atomic E-state index is -0.313. The van der Waals surface area contributed by atoms with Crippen molar-refractivity contribution in [2.75, 3.05) is 6.54 Å². The summed E-state index contributed by atoms with van der Waals surface area (Å²) in [5, 5.41) is 0. The Hall–Kier alpha value is -0.450. The van der Waals surface area contributed by atoms with E-state index in [0.717, 1.165) is 19.1 Å².